The monoisotopic (exact) mass is 290 g/mol. The van der Waals surface area contributed by atoms with Crippen molar-refractivity contribution in [2.75, 3.05) is 5.32 Å². The predicted octanol–water partition coefficient (Wildman–Crippen LogP) is 3.07. The normalized spacial score (nSPS) is 23.5. The second-order valence-corrected chi connectivity index (χ2v) is 6.17. The lowest BCUT2D eigenvalue weighted by Crippen LogP contribution is -2.32. The molecule has 1 fully saturated rings. The van der Waals surface area contributed by atoms with Crippen LogP contribution in [-0.4, -0.2) is 18.1 Å². The van der Waals surface area contributed by atoms with E-state index in [1.807, 2.05) is 24.3 Å². The SMILES string of the molecule is C[C@@H]1CCC[C@H](OCc2cccc(N[C@H](C)C(N)=O)c2)C1. The number of primary amides is 1. The maximum atomic E-state index is 11.1. The lowest BCUT2D eigenvalue weighted by molar-refractivity contribution is -0.118. The molecule has 4 nitrogen and oxygen atoms in total. The lowest BCUT2D eigenvalue weighted by atomic mass is 9.89. The van der Waals surface area contributed by atoms with Crippen LogP contribution in [0.25, 0.3) is 0 Å². The van der Waals surface area contributed by atoms with Gasteiger partial charge in [0.05, 0.1) is 12.7 Å². The van der Waals surface area contributed by atoms with Gasteiger partial charge in [-0.1, -0.05) is 31.9 Å². The predicted molar refractivity (Wildman–Crippen MR) is 84.9 cm³/mol. The summed E-state index contributed by atoms with van der Waals surface area (Å²) in [5.41, 5.74) is 7.29. The second kappa shape index (κ2) is 7.46. The van der Waals surface area contributed by atoms with E-state index in [2.05, 4.69) is 12.2 Å². The Bertz CT molecular complexity index is 476. The minimum Gasteiger partial charge on any atom is -0.374 e. The first kappa shape index (κ1) is 15.8. The molecule has 0 spiro atoms. The number of nitrogens with two attached hydrogens (primary N) is 1. The van der Waals surface area contributed by atoms with Gasteiger partial charge in [0.2, 0.25) is 5.91 Å². The number of ether oxygens (including phenoxy) is 1. The number of hydrogen-bond acceptors (Lipinski definition) is 3. The maximum absolute atomic E-state index is 11.1. The summed E-state index contributed by atoms with van der Waals surface area (Å²) in [6.07, 6.45) is 5.31. The number of benzene rings is 1. The molecule has 1 amide bonds. The van der Waals surface area contributed by atoms with Crippen molar-refractivity contribution in [1.29, 1.82) is 0 Å². The highest BCUT2D eigenvalue weighted by Gasteiger charge is 2.19. The van der Waals surface area contributed by atoms with Gasteiger partial charge in [-0.2, -0.15) is 0 Å². The van der Waals surface area contributed by atoms with Crippen LogP contribution in [0.5, 0.6) is 0 Å². The van der Waals surface area contributed by atoms with Gasteiger partial charge in [0.15, 0.2) is 0 Å². The Labute approximate surface area is 127 Å². The van der Waals surface area contributed by atoms with E-state index in [1.54, 1.807) is 6.92 Å². The summed E-state index contributed by atoms with van der Waals surface area (Å²) in [7, 11) is 0. The van der Waals surface area contributed by atoms with Crippen molar-refractivity contribution < 1.29 is 9.53 Å². The highest BCUT2D eigenvalue weighted by Crippen LogP contribution is 2.26. The van der Waals surface area contributed by atoms with E-state index in [-0.39, 0.29) is 11.9 Å². The number of carbonyl (C=O) groups excluding carboxylic acids is 1. The number of rotatable bonds is 6. The molecule has 0 saturated heterocycles. The van der Waals surface area contributed by atoms with Gasteiger partial charge in [0, 0.05) is 5.69 Å². The van der Waals surface area contributed by atoms with E-state index in [0.29, 0.717) is 12.7 Å². The molecule has 1 aromatic carbocycles. The molecular formula is C17H26N2O2. The van der Waals surface area contributed by atoms with Gasteiger partial charge in [-0.25, -0.2) is 0 Å². The van der Waals surface area contributed by atoms with Gasteiger partial charge in [-0.05, 0) is 43.4 Å². The fourth-order valence-corrected chi connectivity index (χ4v) is 2.82. The summed E-state index contributed by atoms with van der Waals surface area (Å²) in [5, 5.41) is 3.10. The summed E-state index contributed by atoms with van der Waals surface area (Å²) in [4.78, 5) is 11.1. The Balaban J connectivity index is 1.87. The van der Waals surface area contributed by atoms with Crippen LogP contribution >= 0.6 is 0 Å². The second-order valence-electron chi connectivity index (χ2n) is 6.17. The molecule has 1 aliphatic rings. The molecule has 0 unspecified atom stereocenters. The van der Waals surface area contributed by atoms with Crippen molar-refractivity contribution in [2.45, 2.75) is 58.3 Å². The van der Waals surface area contributed by atoms with E-state index in [0.717, 1.165) is 23.6 Å². The van der Waals surface area contributed by atoms with Crippen LogP contribution in [0.2, 0.25) is 0 Å². The van der Waals surface area contributed by atoms with Crippen LogP contribution in [0.3, 0.4) is 0 Å². The number of carbonyl (C=O) groups is 1. The fourth-order valence-electron chi connectivity index (χ4n) is 2.82. The van der Waals surface area contributed by atoms with Gasteiger partial charge in [-0.3, -0.25) is 4.79 Å². The standard InChI is InChI=1S/C17H26N2O2/c1-12-5-3-8-16(9-12)21-11-14-6-4-7-15(10-14)19-13(2)17(18)20/h4,6-7,10,12-13,16,19H,3,5,8-9,11H2,1-2H3,(H2,18,20)/t12-,13-,16+/m1/s1. The van der Waals surface area contributed by atoms with Crippen LogP contribution in [0, 0.1) is 5.92 Å². The van der Waals surface area contributed by atoms with Crippen molar-refractivity contribution >= 4 is 11.6 Å². The van der Waals surface area contributed by atoms with Gasteiger partial charge in [-0.15, -0.1) is 0 Å². The minimum absolute atomic E-state index is 0.354. The third kappa shape index (κ3) is 5.05. The molecule has 116 valence electrons. The molecule has 1 aromatic rings. The average molecular weight is 290 g/mol. The van der Waals surface area contributed by atoms with Crippen LogP contribution in [0.4, 0.5) is 5.69 Å². The molecule has 4 heteroatoms. The number of hydrogen-bond donors (Lipinski definition) is 2. The molecule has 0 aliphatic heterocycles. The largest absolute Gasteiger partial charge is 0.374 e. The Kier molecular flexibility index (Phi) is 5.62. The molecule has 3 N–H and O–H groups in total. The Morgan fingerprint density at radius 3 is 3.00 bits per heavy atom. The lowest BCUT2D eigenvalue weighted by Gasteiger charge is -2.26. The molecule has 0 aromatic heterocycles. The quantitative estimate of drug-likeness (QED) is 0.846. The van der Waals surface area contributed by atoms with E-state index >= 15 is 0 Å². The van der Waals surface area contributed by atoms with Crippen LogP contribution in [0.15, 0.2) is 24.3 Å². The van der Waals surface area contributed by atoms with E-state index in [4.69, 9.17) is 10.5 Å². The van der Waals surface area contributed by atoms with E-state index < -0.39 is 0 Å². The van der Waals surface area contributed by atoms with E-state index in [9.17, 15) is 4.79 Å². The summed E-state index contributed by atoms with van der Waals surface area (Å²) < 4.78 is 6.03. The average Bonchev–Trinajstić information content (AvgIpc) is 2.45. The summed E-state index contributed by atoms with van der Waals surface area (Å²) in [6, 6.07) is 7.60. The minimum atomic E-state index is -0.375. The zero-order chi connectivity index (χ0) is 15.2. The third-order valence-electron chi connectivity index (χ3n) is 4.11. The Morgan fingerprint density at radius 1 is 1.48 bits per heavy atom. The van der Waals surface area contributed by atoms with Crippen LogP contribution in [-0.2, 0) is 16.1 Å². The van der Waals surface area contributed by atoms with Crippen molar-refractivity contribution in [3.63, 3.8) is 0 Å². The number of nitrogens with one attached hydrogen (secondary N) is 1. The zero-order valence-electron chi connectivity index (χ0n) is 13.0. The first-order valence-electron chi connectivity index (χ1n) is 7.81. The molecule has 0 heterocycles. The van der Waals surface area contributed by atoms with E-state index in [1.165, 1.54) is 19.3 Å². The van der Waals surface area contributed by atoms with Crippen molar-refractivity contribution in [3.05, 3.63) is 29.8 Å². The van der Waals surface area contributed by atoms with Crippen molar-refractivity contribution in [2.24, 2.45) is 11.7 Å². The smallest absolute Gasteiger partial charge is 0.239 e. The molecule has 2 rings (SSSR count). The van der Waals surface area contributed by atoms with Crippen LogP contribution < -0.4 is 11.1 Å². The molecule has 1 aliphatic carbocycles. The Hall–Kier alpha value is -1.55. The molecule has 3 atom stereocenters. The highest BCUT2D eigenvalue weighted by atomic mass is 16.5. The molecule has 21 heavy (non-hydrogen) atoms. The summed E-state index contributed by atoms with van der Waals surface area (Å²) >= 11 is 0. The van der Waals surface area contributed by atoms with Gasteiger partial charge < -0.3 is 15.8 Å². The number of amides is 1. The fraction of sp³-hybridized carbons (Fsp3) is 0.588. The molecule has 0 bridgehead atoms. The van der Waals surface area contributed by atoms with Crippen molar-refractivity contribution in [1.82, 2.24) is 0 Å². The van der Waals surface area contributed by atoms with Gasteiger partial charge in [0.25, 0.3) is 0 Å². The third-order valence-corrected chi connectivity index (χ3v) is 4.11. The summed E-state index contributed by atoms with van der Waals surface area (Å²) in [6.45, 7) is 4.68. The first-order chi connectivity index (χ1) is 10.0. The molecule has 0 radical (unpaired) electrons. The van der Waals surface area contributed by atoms with Gasteiger partial charge in [0.1, 0.15) is 6.04 Å². The topological polar surface area (TPSA) is 64.3 Å². The maximum Gasteiger partial charge on any atom is 0.239 e. The molecular weight excluding hydrogens is 264 g/mol. The number of anilines is 1. The first-order valence-corrected chi connectivity index (χ1v) is 7.81. The Morgan fingerprint density at radius 2 is 2.29 bits per heavy atom. The van der Waals surface area contributed by atoms with Crippen LogP contribution in [0.1, 0.15) is 45.1 Å². The highest BCUT2D eigenvalue weighted by molar-refractivity contribution is 5.82. The van der Waals surface area contributed by atoms with Gasteiger partial charge >= 0.3 is 0 Å². The summed E-state index contributed by atoms with van der Waals surface area (Å²) in [5.74, 6) is 0.418. The van der Waals surface area contributed by atoms with Crippen molar-refractivity contribution in [3.8, 4) is 0 Å². The molecule has 1 saturated carbocycles. The zero-order valence-corrected chi connectivity index (χ0v) is 13.0.